The second kappa shape index (κ2) is 11.9. The lowest BCUT2D eigenvalue weighted by Crippen LogP contribution is -2.37. The van der Waals surface area contributed by atoms with Gasteiger partial charge in [0.2, 0.25) is 0 Å². The van der Waals surface area contributed by atoms with Crippen LogP contribution in [0.4, 0.5) is 4.39 Å². The zero-order valence-electron chi connectivity index (χ0n) is 15.8. The minimum absolute atomic E-state index is 0. The third-order valence-corrected chi connectivity index (χ3v) is 4.03. The van der Waals surface area contributed by atoms with Crippen molar-refractivity contribution in [3.05, 3.63) is 53.4 Å². The average Bonchev–Trinajstić information content (AvgIpc) is 3.00. The highest BCUT2D eigenvalue weighted by atomic mass is 127. The van der Waals surface area contributed by atoms with E-state index in [0.29, 0.717) is 12.1 Å². The molecule has 7 heteroatoms. The van der Waals surface area contributed by atoms with E-state index in [9.17, 15) is 4.39 Å². The number of unbranched alkanes of at least 4 members (excludes halogenated alkanes) is 1. The lowest BCUT2D eigenvalue weighted by molar-refractivity contribution is 0.588. The Kier molecular flexibility index (Phi) is 10.2. The van der Waals surface area contributed by atoms with E-state index in [2.05, 4.69) is 25.2 Å². The molecule has 0 radical (unpaired) electrons. The first-order valence-corrected chi connectivity index (χ1v) is 8.85. The fraction of sp³-hybridized carbons (Fsp3) is 0.474. The van der Waals surface area contributed by atoms with Crippen molar-refractivity contribution in [1.82, 2.24) is 20.2 Å². The van der Waals surface area contributed by atoms with Crippen LogP contribution in [-0.4, -0.2) is 28.6 Å². The predicted octanol–water partition coefficient (Wildman–Crippen LogP) is 3.79. The zero-order chi connectivity index (χ0) is 18.1. The smallest absolute Gasteiger partial charge is 0.191 e. The van der Waals surface area contributed by atoms with E-state index in [-0.39, 0.29) is 29.8 Å². The standard InChI is InChI=1S/C19H28FN5.HI/c1-4-21-19(24-14-17-7-8-18(20)15(2)13-17)23-9-5-6-11-25-12-10-22-16(25)3;/h7-8,10,12-13H,4-6,9,11,14H2,1-3H3,(H2,21,23,24);1H. The van der Waals surface area contributed by atoms with Gasteiger partial charge in [-0.3, -0.25) is 0 Å². The van der Waals surface area contributed by atoms with Gasteiger partial charge in [-0.2, -0.15) is 0 Å². The topological polar surface area (TPSA) is 54.2 Å². The molecule has 0 saturated carbocycles. The summed E-state index contributed by atoms with van der Waals surface area (Å²) in [5.41, 5.74) is 1.66. The largest absolute Gasteiger partial charge is 0.357 e. The quantitative estimate of drug-likeness (QED) is 0.266. The lowest BCUT2D eigenvalue weighted by Gasteiger charge is -2.12. The van der Waals surface area contributed by atoms with Gasteiger partial charge in [0.15, 0.2) is 5.96 Å². The van der Waals surface area contributed by atoms with Gasteiger partial charge >= 0.3 is 0 Å². The molecule has 0 aliphatic heterocycles. The number of aromatic nitrogens is 2. The summed E-state index contributed by atoms with van der Waals surface area (Å²) in [4.78, 5) is 8.80. The second-order valence-electron chi connectivity index (χ2n) is 6.08. The van der Waals surface area contributed by atoms with Gasteiger partial charge in [-0.1, -0.05) is 12.1 Å². The van der Waals surface area contributed by atoms with Gasteiger partial charge in [-0.25, -0.2) is 14.4 Å². The molecule has 2 rings (SSSR count). The van der Waals surface area contributed by atoms with Gasteiger partial charge in [0.05, 0.1) is 6.54 Å². The molecule has 0 aliphatic carbocycles. The van der Waals surface area contributed by atoms with E-state index < -0.39 is 0 Å². The van der Waals surface area contributed by atoms with Crippen molar-refractivity contribution in [2.45, 2.75) is 46.7 Å². The molecule has 0 amide bonds. The Balaban J connectivity index is 0.00000338. The molecule has 1 aromatic heterocycles. The number of nitrogens with zero attached hydrogens (tertiary/aromatic N) is 3. The number of aryl methyl sites for hydroxylation is 3. The summed E-state index contributed by atoms with van der Waals surface area (Å²) in [6.07, 6.45) is 5.98. The molecule has 0 aliphatic rings. The molecular formula is C19H29FIN5. The van der Waals surface area contributed by atoms with E-state index in [1.165, 1.54) is 6.07 Å². The normalized spacial score (nSPS) is 11.2. The monoisotopic (exact) mass is 473 g/mol. The summed E-state index contributed by atoms with van der Waals surface area (Å²) in [5, 5.41) is 6.59. The van der Waals surface area contributed by atoms with E-state index in [1.54, 1.807) is 13.0 Å². The highest BCUT2D eigenvalue weighted by Gasteiger charge is 2.01. The van der Waals surface area contributed by atoms with Crippen LogP contribution in [0.15, 0.2) is 35.6 Å². The van der Waals surface area contributed by atoms with E-state index >= 15 is 0 Å². The molecule has 0 unspecified atom stereocenters. The molecule has 1 aromatic carbocycles. The number of aliphatic imine (C=N–C) groups is 1. The van der Waals surface area contributed by atoms with Crippen LogP contribution in [-0.2, 0) is 13.1 Å². The number of hydrogen-bond donors (Lipinski definition) is 2. The van der Waals surface area contributed by atoms with Crippen LogP contribution in [0.5, 0.6) is 0 Å². The van der Waals surface area contributed by atoms with Gasteiger partial charge < -0.3 is 15.2 Å². The van der Waals surface area contributed by atoms with Gasteiger partial charge in [-0.15, -0.1) is 24.0 Å². The first-order valence-electron chi connectivity index (χ1n) is 8.85. The van der Waals surface area contributed by atoms with E-state index in [1.807, 2.05) is 32.3 Å². The Morgan fingerprint density at radius 1 is 1.23 bits per heavy atom. The Morgan fingerprint density at radius 2 is 2.04 bits per heavy atom. The van der Waals surface area contributed by atoms with Gasteiger partial charge in [0.1, 0.15) is 11.6 Å². The highest BCUT2D eigenvalue weighted by Crippen LogP contribution is 2.10. The number of benzene rings is 1. The molecule has 144 valence electrons. The second-order valence-corrected chi connectivity index (χ2v) is 6.08. The number of hydrogen-bond acceptors (Lipinski definition) is 2. The predicted molar refractivity (Wildman–Crippen MR) is 116 cm³/mol. The molecule has 2 aromatic rings. The third kappa shape index (κ3) is 7.31. The van der Waals surface area contributed by atoms with Crippen molar-refractivity contribution < 1.29 is 4.39 Å². The van der Waals surface area contributed by atoms with Crippen LogP contribution >= 0.6 is 24.0 Å². The Labute approximate surface area is 172 Å². The average molecular weight is 473 g/mol. The molecule has 1 heterocycles. The summed E-state index contributed by atoms with van der Waals surface area (Å²) in [5.74, 6) is 1.67. The molecule has 0 saturated heterocycles. The fourth-order valence-electron chi connectivity index (χ4n) is 2.57. The minimum Gasteiger partial charge on any atom is -0.357 e. The summed E-state index contributed by atoms with van der Waals surface area (Å²) in [7, 11) is 0. The summed E-state index contributed by atoms with van der Waals surface area (Å²) in [6.45, 7) is 9.02. The molecular weight excluding hydrogens is 444 g/mol. The van der Waals surface area contributed by atoms with Gasteiger partial charge in [0.25, 0.3) is 0 Å². The molecule has 0 fully saturated rings. The Morgan fingerprint density at radius 3 is 2.69 bits per heavy atom. The highest BCUT2D eigenvalue weighted by molar-refractivity contribution is 14.0. The summed E-state index contributed by atoms with van der Waals surface area (Å²) < 4.78 is 15.5. The number of halogens is 2. The van der Waals surface area contributed by atoms with Crippen LogP contribution < -0.4 is 10.6 Å². The fourth-order valence-corrected chi connectivity index (χ4v) is 2.57. The van der Waals surface area contributed by atoms with Crippen molar-refractivity contribution in [3.63, 3.8) is 0 Å². The maximum absolute atomic E-state index is 13.3. The van der Waals surface area contributed by atoms with Crippen LogP contribution in [0, 0.1) is 19.7 Å². The first kappa shape index (κ1) is 22.4. The number of rotatable bonds is 8. The van der Waals surface area contributed by atoms with Gasteiger partial charge in [0, 0.05) is 32.0 Å². The molecule has 5 nitrogen and oxygen atoms in total. The van der Waals surface area contributed by atoms with Crippen LogP contribution in [0.1, 0.15) is 36.7 Å². The van der Waals surface area contributed by atoms with Crippen LogP contribution in [0.3, 0.4) is 0 Å². The van der Waals surface area contributed by atoms with Crippen molar-refractivity contribution in [2.24, 2.45) is 4.99 Å². The van der Waals surface area contributed by atoms with Crippen molar-refractivity contribution in [2.75, 3.05) is 13.1 Å². The maximum Gasteiger partial charge on any atom is 0.191 e. The SMILES string of the molecule is CCNC(=NCc1ccc(F)c(C)c1)NCCCCn1ccnc1C.I. The van der Waals surface area contributed by atoms with Crippen molar-refractivity contribution in [3.8, 4) is 0 Å². The van der Waals surface area contributed by atoms with Crippen LogP contribution in [0.25, 0.3) is 0 Å². The molecule has 26 heavy (non-hydrogen) atoms. The minimum atomic E-state index is -0.175. The summed E-state index contributed by atoms with van der Waals surface area (Å²) in [6, 6.07) is 5.12. The number of guanidine groups is 1. The Hall–Kier alpha value is -1.64. The Bertz CT molecular complexity index is 699. The molecule has 2 N–H and O–H groups in total. The third-order valence-electron chi connectivity index (χ3n) is 4.03. The summed E-state index contributed by atoms with van der Waals surface area (Å²) >= 11 is 0. The number of imidazole rings is 1. The van der Waals surface area contributed by atoms with Gasteiger partial charge in [-0.05, 0) is 50.8 Å². The van der Waals surface area contributed by atoms with E-state index in [4.69, 9.17) is 0 Å². The number of nitrogens with one attached hydrogen (secondary N) is 2. The van der Waals surface area contributed by atoms with Crippen molar-refractivity contribution in [1.29, 1.82) is 0 Å². The van der Waals surface area contributed by atoms with Crippen LogP contribution in [0.2, 0.25) is 0 Å². The molecule has 0 bridgehead atoms. The lowest BCUT2D eigenvalue weighted by atomic mass is 10.1. The molecule has 0 spiro atoms. The first-order chi connectivity index (χ1) is 12.1. The van der Waals surface area contributed by atoms with E-state index in [0.717, 1.165) is 49.8 Å². The molecule has 0 atom stereocenters. The zero-order valence-corrected chi connectivity index (χ0v) is 18.1. The maximum atomic E-state index is 13.3. The van der Waals surface area contributed by atoms with Crippen molar-refractivity contribution >= 4 is 29.9 Å².